The number of carbonyl (C=O) groups excluding carboxylic acids is 1. The van der Waals surface area contributed by atoms with Gasteiger partial charge < -0.3 is 4.74 Å². The molecule has 0 bridgehead atoms. The second-order valence-corrected chi connectivity index (χ2v) is 5.14. The van der Waals surface area contributed by atoms with E-state index in [9.17, 15) is 4.79 Å². The maximum Gasteiger partial charge on any atom is 0.150 e. The minimum absolute atomic E-state index is 0.546. The van der Waals surface area contributed by atoms with Crippen molar-refractivity contribution in [1.82, 2.24) is 0 Å². The Labute approximate surface area is 115 Å². The van der Waals surface area contributed by atoms with Gasteiger partial charge >= 0.3 is 0 Å². The maximum atomic E-state index is 10.6. The second kappa shape index (κ2) is 5.24. The Kier molecular flexibility index (Phi) is 3.29. The van der Waals surface area contributed by atoms with E-state index in [1.54, 1.807) is 23.5 Å². The Morgan fingerprint density at radius 2 is 1.84 bits per heavy atom. The van der Waals surface area contributed by atoms with Crippen LogP contribution in [0.3, 0.4) is 0 Å². The average molecular weight is 268 g/mol. The molecule has 0 unspecified atom stereocenters. The number of fused-ring (bicyclic) bond motifs is 1. The van der Waals surface area contributed by atoms with Crippen molar-refractivity contribution in [3.05, 3.63) is 65.0 Å². The van der Waals surface area contributed by atoms with Gasteiger partial charge in [0.05, 0.1) is 0 Å². The summed E-state index contributed by atoms with van der Waals surface area (Å²) in [7, 11) is 0. The van der Waals surface area contributed by atoms with Crippen molar-refractivity contribution in [2.24, 2.45) is 0 Å². The van der Waals surface area contributed by atoms with E-state index in [1.165, 1.54) is 15.6 Å². The molecule has 0 radical (unpaired) electrons. The Hall–Kier alpha value is -2.13. The standard InChI is InChI=1S/C16H12O2S/c17-9-12-5-7-14(8-6-12)18-10-13-11-19-16-4-2-1-3-15(13)16/h1-9,11H,10H2. The van der Waals surface area contributed by atoms with E-state index in [-0.39, 0.29) is 0 Å². The van der Waals surface area contributed by atoms with E-state index in [0.29, 0.717) is 12.2 Å². The zero-order chi connectivity index (χ0) is 13.1. The van der Waals surface area contributed by atoms with Crippen LogP contribution in [-0.4, -0.2) is 6.29 Å². The third-order valence-corrected chi connectivity index (χ3v) is 3.98. The molecule has 0 aliphatic rings. The predicted molar refractivity (Wildman–Crippen MR) is 78.0 cm³/mol. The van der Waals surface area contributed by atoms with Crippen molar-refractivity contribution in [3.8, 4) is 5.75 Å². The quantitative estimate of drug-likeness (QED) is 0.660. The van der Waals surface area contributed by atoms with Crippen LogP contribution >= 0.6 is 11.3 Å². The first-order valence-electron chi connectivity index (χ1n) is 6.00. The lowest BCUT2D eigenvalue weighted by Gasteiger charge is -2.05. The molecule has 0 aliphatic carbocycles. The molecule has 0 saturated carbocycles. The van der Waals surface area contributed by atoms with Gasteiger partial charge in [0, 0.05) is 15.8 Å². The highest BCUT2D eigenvalue weighted by atomic mass is 32.1. The van der Waals surface area contributed by atoms with E-state index >= 15 is 0 Å². The summed E-state index contributed by atoms with van der Waals surface area (Å²) in [6, 6.07) is 15.5. The fourth-order valence-electron chi connectivity index (χ4n) is 1.95. The van der Waals surface area contributed by atoms with Gasteiger partial charge in [0.2, 0.25) is 0 Å². The molecule has 1 heterocycles. The molecule has 0 amide bonds. The van der Waals surface area contributed by atoms with E-state index < -0.39 is 0 Å². The van der Waals surface area contributed by atoms with Gasteiger partial charge in [-0.2, -0.15) is 0 Å². The largest absolute Gasteiger partial charge is 0.489 e. The molecule has 0 fully saturated rings. The smallest absolute Gasteiger partial charge is 0.150 e. The van der Waals surface area contributed by atoms with Crippen molar-refractivity contribution < 1.29 is 9.53 Å². The van der Waals surface area contributed by atoms with Crippen LogP contribution in [0.4, 0.5) is 0 Å². The zero-order valence-corrected chi connectivity index (χ0v) is 11.0. The van der Waals surface area contributed by atoms with Crippen LogP contribution in [0.15, 0.2) is 53.9 Å². The number of benzene rings is 2. The first-order chi connectivity index (χ1) is 9.36. The number of hydrogen-bond donors (Lipinski definition) is 0. The highest BCUT2D eigenvalue weighted by Gasteiger charge is 2.04. The van der Waals surface area contributed by atoms with Crippen molar-refractivity contribution in [2.45, 2.75) is 6.61 Å². The van der Waals surface area contributed by atoms with Crippen LogP contribution in [0.25, 0.3) is 10.1 Å². The van der Waals surface area contributed by atoms with Gasteiger partial charge in [0.25, 0.3) is 0 Å². The van der Waals surface area contributed by atoms with Crippen LogP contribution in [0, 0.1) is 0 Å². The molecule has 3 heteroatoms. The van der Waals surface area contributed by atoms with Gasteiger partial charge in [-0.15, -0.1) is 11.3 Å². The van der Waals surface area contributed by atoms with Crippen LogP contribution < -0.4 is 4.74 Å². The van der Waals surface area contributed by atoms with Crippen LogP contribution in [0.5, 0.6) is 5.75 Å². The fourth-order valence-corrected chi connectivity index (χ4v) is 2.90. The summed E-state index contributed by atoms with van der Waals surface area (Å²) in [6.45, 7) is 0.546. The highest BCUT2D eigenvalue weighted by Crippen LogP contribution is 2.26. The molecule has 0 saturated heterocycles. The molecule has 0 aliphatic heterocycles. The molecule has 0 atom stereocenters. The number of thiophene rings is 1. The Morgan fingerprint density at radius 1 is 1.05 bits per heavy atom. The van der Waals surface area contributed by atoms with E-state index in [1.807, 2.05) is 24.3 Å². The van der Waals surface area contributed by atoms with Gasteiger partial charge in [-0.3, -0.25) is 4.79 Å². The molecule has 0 N–H and O–H groups in total. The van der Waals surface area contributed by atoms with E-state index in [0.717, 1.165) is 12.0 Å². The topological polar surface area (TPSA) is 26.3 Å². The molecule has 3 aromatic rings. The lowest BCUT2D eigenvalue weighted by atomic mass is 10.2. The van der Waals surface area contributed by atoms with Gasteiger partial charge in [-0.25, -0.2) is 0 Å². The monoisotopic (exact) mass is 268 g/mol. The van der Waals surface area contributed by atoms with Crippen molar-refractivity contribution in [2.75, 3.05) is 0 Å². The number of hydrogen-bond acceptors (Lipinski definition) is 3. The van der Waals surface area contributed by atoms with Crippen LogP contribution in [0.1, 0.15) is 15.9 Å². The van der Waals surface area contributed by atoms with Crippen molar-refractivity contribution in [1.29, 1.82) is 0 Å². The number of aldehydes is 1. The molecule has 1 aromatic heterocycles. The first kappa shape index (κ1) is 11.9. The second-order valence-electron chi connectivity index (χ2n) is 4.23. The van der Waals surface area contributed by atoms with Gasteiger partial charge in [0.1, 0.15) is 18.6 Å². The van der Waals surface area contributed by atoms with E-state index in [2.05, 4.69) is 17.5 Å². The normalized spacial score (nSPS) is 10.5. The van der Waals surface area contributed by atoms with Gasteiger partial charge in [-0.1, -0.05) is 18.2 Å². The predicted octanol–water partition coefficient (Wildman–Crippen LogP) is 4.29. The summed E-state index contributed by atoms with van der Waals surface area (Å²) in [5, 5.41) is 3.38. The van der Waals surface area contributed by atoms with Crippen molar-refractivity contribution in [3.63, 3.8) is 0 Å². The minimum atomic E-state index is 0.546. The summed E-state index contributed by atoms with van der Waals surface area (Å²) in [5.74, 6) is 0.779. The third-order valence-electron chi connectivity index (χ3n) is 2.97. The lowest BCUT2D eigenvalue weighted by Crippen LogP contribution is -1.94. The molecule has 2 nitrogen and oxygen atoms in total. The fraction of sp³-hybridized carbons (Fsp3) is 0.0625. The highest BCUT2D eigenvalue weighted by molar-refractivity contribution is 7.17. The average Bonchev–Trinajstić information content (AvgIpc) is 2.89. The Bertz CT molecular complexity index is 698. The Balaban J connectivity index is 1.76. The molecule has 94 valence electrons. The molecule has 19 heavy (non-hydrogen) atoms. The van der Waals surface area contributed by atoms with Crippen LogP contribution in [-0.2, 0) is 6.61 Å². The SMILES string of the molecule is O=Cc1ccc(OCc2csc3ccccc23)cc1. The first-order valence-corrected chi connectivity index (χ1v) is 6.88. The Morgan fingerprint density at radius 3 is 2.63 bits per heavy atom. The number of ether oxygens (including phenoxy) is 1. The minimum Gasteiger partial charge on any atom is -0.489 e. The molecular formula is C16H12O2S. The molecule has 0 spiro atoms. The summed E-state index contributed by atoms with van der Waals surface area (Å²) < 4.78 is 7.02. The summed E-state index contributed by atoms with van der Waals surface area (Å²) in [5.41, 5.74) is 1.85. The van der Waals surface area contributed by atoms with Crippen LogP contribution in [0.2, 0.25) is 0 Å². The third kappa shape index (κ3) is 2.51. The number of carbonyl (C=O) groups is 1. The summed E-state index contributed by atoms with van der Waals surface area (Å²) in [6.07, 6.45) is 0.830. The summed E-state index contributed by atoms with van der Waals surface area (Å²) >= 11 is 1.73. The molecule has 2 aromatic carbocycles. The summed E-state index contributed by atoms with van der Waals surface area (Å²) in [4.78, 5) is 10.6. The molecular weight excluding hydrogens is 256 g/mol. The molecule has 3 rings (SSSR count). The van der Waals surface area contributed by atoms with E-state index in [4.69, 9.17) is 4.74 Å². The maximum absolute atomic E-state index is 10.6. The van der Waals surface area contributed by atoms with Gasteiger partial charge in [0.15, 0.2) is 0 Å². The lowest BCUT2D eigenvalue weighted by molar-refractivity contribution is 0.112. The van der Waals surface area contributed by atoms with Gasteiger partial charge in [-0.05, 0) is 41.1 Å². The van der Waals surface area contributed by atoms with Crippen molar-refractivity contribution >= 4 is 27.7 Å². The number of rotatable bonds is 4. The zero-order valence-electron chi connectivity index (χ0n) is 10.2.